The first-order valence-electron chi connectivity index (χ1n) is 9.28. The highest BCUT2D eigenvalue weighted by Crippen LogP contribution is 2.41. The second-order valence-electron chi connectivity index (χ2n) is 7.49. The summed E-state index contributed by atoms with van der Waals surface area (Å²) >= 11 is 5.87. The lowest BCUT2D eigenvalue weighted by Gasteiger charge is -2.38. The van der Waals surface area contributed by atoms with Crippen molar-refractivity contribution in [2.24, 2.45) is 11.8 Å². The van der Waals surface area contributed by atoms with E-state index in [-0.39, 0.29) is 11.8 Å². The van der Waals surface area contributed by atoms with E-state index in [4.69, 9.17) is 11.6 Å². The van der Waals surface area contributed by atoms with Crippen LogP contribution in [-0.2, 0) is 10.4 Å². The summed E-state index contributed by atoms with van der Waals surface area (Å²) in [6.07, 6.45) is 4.37. The number of hydrogen-bond acceptors (Lipinski definition) is 2. The number of hydrogen-bond donors (Lipinski definition) is 2. The highest BCUT2D eigenvalue weighted by Gasteiger charge is 2.36. The predicted octanol–water partition coefficient (Wildman–Crippen LogP) is 5.38. The van der Waals surface area contributed by atoms with Gasteiger partial charge in [-0.25, -0.2) is 0 Å². The van der Waals surface area contributed by atoms with Crippen molar-refractivity contribution in [2.75, 3.05) is 5.32 Å². The molecule has 0 radical (unpaired) electrons. The third-order valence-electron chi connectivity index (χ3n) is 5.60. The Morgan fingerprint density at radius 1 is 1.08 bits per heavy atom. The van der Waals surface area contributed by atoms with Crippen LogP contribution in [0.3, 0.4) is 0 Å². The van der Waals surface area contributed by atoms with Crippen LogP contribution in [0.1, 0.15) is 44.6 Å². The fourth-order valence-corrected chi connectivity index (χ4v) is 4.07. The minimum absolute atomic E-state index is 0.0468. The SMILES string of the molecule is CC(O)(c1ccccc1)C1CCC(CC(=O)Nc2ccc(Cl)cc2)CC1. The van der Waals surface area contributed by atoms with Crippen molar-refractivity contribution in [2.45, 2.75) is 44.6 Å². The molecule has 1 saturated carbocycles. The molecule has 1 amide bonds. The van der Waals surface area contributed by atoms with Crippen molar-refractivity contribution >= 4 is 23.2 Å². The van der Waals surface area contributed by atoms with E-state index in [1.54, 1.807) is 12.1 Å². The van der Waals surface area contributed by atoms with Crippen LogP contribution in [0.15, 0.2) is 54.6 Å². The molecule has 2 aromatic rings. The molecule has 1 unspecified atom stereocenters. The summed E-state index contributed by atoms with van der Waals surface area (Å²) in [6, 6.07) is 17.1. The Morgan fingerprint density at radius 2 is 1.69 bits per heavy atom. The summed E-state index contributed by atoms with van der Waals surface area (Å²) in [4.78, 5) is 12.3. The van der Waals surface area contributed by atoms with Gasteiger partial charge >= 0.3 is 0 Å². The first kappa shape index (κ1) is 18.9. The van der Waals surface area contributed by atoms with Gasteiger partial charge in [-0.3, -0.25) is 4.79 Å². The van der Waals surface area contributed by atoms with Crippen molar-refractivity contribution in [3.8, 4) is 0 Å². The van der Waals surface area contributed by atoms with Crippen molar-refractivity contribution in [1.29, 1.82) is 0 Å². The first-order chi connectivity index (χ1) is 12.4. The smallest absolute Gasteiger partial charge is 0.224 e. The van der Waals surface area contributed by atoms with Crippen LogP contribution < -0.4 is 5.32 Å². The zero-order valence-corrected chi connectivity index (χ0v) is 15.9. The number of benzene rings is 2. The molecule has 1 fully saturated rings. The standard InChI is InChI=1S/C22H26ClNO2/c1-22(26,17-5-3-2-4-6-17)18-9-7-16(8-10-18)15-21(25)24-20-13-11-19(23)12-14-20/h2-6,11-14,16,18,26H,7-10,15H2,1H3,(H,24,25). The summed E-state index contributed by atoms with van der Waals surface area (Å²) in [5.41, 5.74) is 0.946. The molecule has 0 spiro atoms. The third-order valence-corrected chi connectivity index (χ3v) is 5.85. The van der Waals surface area contributed by atoms with Gasteiger partial charge < -0.3 is 10.4 Å². The van der Waals surface area contributed by atoms with Crippen LogP contribution in [0.25, 0.3) is 0 Å². The topological polar surface area (TPSA) is 49.3 Å². The van der Waals surface area contributed by atoms with Gasteiger partial charge in [-0.05, 0) is 74.3 Å². The molecule has 2 N–H and O–H groups in total. The van der Waals surface area contributed by atoms with Gasteiger partial charge in [0.05, 0.1) is 5.60 Å². The molecule has 0 heterocycles. The highest BCUT2D eigenvalue weighted by atomic mass is 35.5. The Labute approximate surface area is 160 Å². The van der Waals surface area contributed by atoms with Crippen LogP contribution in [0, 0.1) is 11.8 Å². The molecule has 3 nitrogen and oxygen atoms in total. The van der Waals surface area contributed by atoms with Crippen molar-refractivity contribution in [3.05, 3.63) is 65.2 Å². The van der Waals surface area contributed by atoms with E-state index in [2.05, 4.69) is 5.32 Å². The van der Waals surface area contributed by atoms with Crippen molar-refractivity contribution in [3.63, 3.8) is 0 Å². The Balaban J connectivity index is 1.50. The molecule has 0 aliphatic heterocycles. The second kappa shape index (κ2) is 8.24. The zero-order valence-electron chi connectivity index (χ0n) is 15.1. The maximum atomic E-state index is 12.3. The minimum Gasteiger partial charge on any atom is -0.385 e. The van der Waals surface area contributed by atoms with E-state index >= 15 is 0 Å². The van der Waals surface area contributed by atoms with Crippen LogP contribution in [0.2, 0.25) is 5.02 Å². The average molecular weight is 372 g/mol. The molecule has 4 heteroatoms. The Morgan fingerprint density at radius 3 is 2.31 bits per heavy atom. The Hall–Kier alpha value is -1.84. The van der Waals surface area contributed by atoms with Gasteiger partial charge in [-0.2, -0.15) is 0 Å². The summed E-state index contributed by atoms with van der Waals surface area (Å²) < 4.78 is 0. The number of amides is 1. The molecule has 1 aliphatic rings. The molecule has 3 rings (SSSR count). The van der Waals surface area contributed by atoms with Gasteiger partial charge in [0, 0.05) is 17.1 Å². The van der Waals surface area contributed by atoms with E-state index in [1.807, 2.05) is 49.4 Å². The number of carbonyl (C=O) groups excluding carboxylic acids is 1. The quantitative estimate of drug-likeness (QED) is 0.740. The maximum Gasteiger partial charge on any atom is 0.224 e. The van der Waals surface area contributed by atoms with Crippen molar-refractivity contribution in [1.82, 2.24) is 0 Å². The van der Waals surface area contributed by atoms with Gasteiger partial charge in [0.25, 0.3) is 0 Å². The first-order valence-corrected chi connectivity index (χ1v) is 9.66. The molecule has 26 heavy (non-hydrogen) atoms. The van der Waals surface area contributed by atoms with E-state index in [9.17, 15) is 9.90 Å². The number of rotatable bonds is 5. The fourth-order valence-electron chi connectivity index (χ4n) is 3.95. The van der Waals surface area contributed by atoms with Crippen LogP contribution in [0.4, 0.5) is 5.69 Å². The lowest BCUT2D eigenvalue weighted by Crippen LogP contribution is -2.35. The molecule has 2 aromatic carbocycles. The largest absolute Gasteiger partial charge is 0.385 e. The number of halogens is 1. The van der Waals surface area contributed by atoms with E-state index in [1.165, 1.54) is 0 Å². The third kappa shape index (κ3) is 4.66. The molecular formula is C22H26ClNO2. The number of nitrogens with one attached hydrogen (secondary N) is 1. The fraction of sp³-hybridized carbons (Fsp3) is 0.409. The average Bonchev–Trinajstić information content (AvgIpc) is 2.65. The summed E-state index contributed by atoms with van der Waals surface area (Å²) in [5.74, 6) is 0.663. The number of anilines is 1. The second-order valence-corrected chi connectivity index (χ2v) is 7.93. The van der Waals surface area contributed by atoms with Gasteiger partial charge in [-0.15, -0.1) is 0 Å². The molecule has 1 atom stereocenters. The number of carbonyl (C=O) groups is 1. The summed E-state index contributed by atoms with van der Waals surface area (Å²) in [7, 11) is 0. The van der Waals surface area contributed by atoms with Gasteiger partial charge in [0.15, 0.2) is 0 Å². The summed E-state index contributed by atoms with van der Waals surface area (Å²) in [6.45, 7) is 1.92. The predicted molar refractivity (Wildman–Crippen MR) is 106 cm³/mol. The minimum atomic E-state index is -0.808. The molecule has 0 saturated heterocycles. The summed E-state index contributed by atoms with van der Waals surface area (Å²) in [5, 5.41) is 14.6. The Bertz CT molecular complexity index is 720. The maximum absolute atomic E-state index is 12.3. The van der Waals surface area contributed by atoms with E-state index in [0.717, 1.165) is 36.9 Å². The van der Waals surface area contributed by atoms with Gasteiger partial charge in [0.1, 0.15) is 0 Å². The molecule has 0 aromatic heterocycles. The van der Waals surface area contributed by atoms with Crippen molar-refractivity contribution < 1.29 is 9.90 Å². The normalized spacial score (nSPS) is 22.4. The number of aliphatic hydroxyl groups is 1. The van der Waals surface area contributed by atoms with Gasteiger partial charge in [-0.1, -0.05) is 41.9 Å². The van der Waals surface area contributed by atoms with Crippen LogP contribution in [-0.4, -0.2) is 11.0 Å². The lowest BCUT2D eigenvalue weighted by atomic mass is 9.71. The lowest BCUT2D eigenvalue weighted by molar-refractivity contribution is -0.117. The molecule has 138 valence electrons. The van der Waals surface area contributed by atoms with Crippen LogP contribution in [0.5, 0.6) is 0 Å². The molecular weight excluding hydrogens is 346 g/mol. The zero-order chi connectivity index (χ0) is 18.6. The van der Waals surface area contributed by atoms with Crippen LogP contribution >= 0.6 is 11.6 Å². The molecule has 0 bridgehead atoms. The van der Waals surface area contributed by atoms with E-state index < -0.39 is 5.60 Å². The highest BCUT2D eigenvalue weighted by molar-refractivity contribution is 6.30. The Kier molecular flexibility index (Phi) is 6.00. The van der Waals surface area contributed by atoms with E-state index in [0.29, 0.717) is 17.4 Å². The monoisotopic (exact) mass is 371 g/mol. The van der Waals surface area contributed by atoms with Gasteiger partial charge in [0.2, 0.25) is 5.91 Å². The molecule has 1 aliphatic carbocycles.